The number of carbonyl (C=O) groups is 2. The normalized spacial score (nSPS) is 15.8. The van der Waals surface area contributed by atoms with E-state index in [9.17, 15) is 9.59 Å². The molecule has 7 heteroatoms. The lowest BCUT2D eigenvalue weighted by molar-refractivity contribution is -0.134. The van der Waals surface area contributed by atoms with Gasteiger partial charge in [0.2, 0.25) is 0 Å². The number of benzene rings is 2. The van der Waals surface area contributed by atoms with Gasteiger partial charge in [0.05, 0.1) is 12.0 Å². The van der Waals surface area contributed by atoms with Crippen LogP contribution < -0.4 is 14.8 Å². The maximum absolute atomic E-state index is 13.0. The van der Waals surface area contributed by atoms with Crippen molar-refractivity contribution in [1.29, 1.82) is 0 Å². The van der Waals surface area contributed by atoms with Gasteiger partial charge in [-0.05, 0) is 48.4 Å². The molecule has 1 N–H and O–H groups in total. The van der Waals surface area contributed by atoms with Crippen LogP contribution in [0, 0.1) is 0 Å². The lowest BCUT2D eigenvalue weighted by atomic mass is 10.0. The van der Waals surface area contributed by atoms with Gasteiger partial charge in [0.25, 0.3) is 11.8 Å². The molecule has 1 aliphatic heterocycles. The van der Waals surface area contributed by atoms with Crippen LogP contribution in [0.25, 0.3) is 10.1 Å². The van der Waals surface area contributed by atoms with Gasteiger partial charge in [0.1, 0.15) is 0 Å². The Hall–Kier alpha value is -3.06. The molecule has 0 saturated carbocycles. The zero-order valence-corrected chi connectivity index (χ0v) is 18.5. The summed E-state index contributed by atoms with van der Waals surface area (Å²) >= 11 is 1.51. The fourth-order valence-electron chi connectivity index (χ4n) is 4.17. The number of hydrogen-bond donors (Lipinski definition) is 1. The van der Waals surface area contributed by atoms with Crippen LogP contribution in [-0.2, 0) is 11.2 Å². The number of likely N-dealkylation sites (tertiary alicyclic amines) is 1. The molecule has 3 aromatic rings. The van der Waals surface area contributed by atoms with Gasteiger partial charge in [-0.15, -0.1) is 11.3 Å². The molecule has 1 aromatic heterocycles. The summed E-state index contributed by atoms with van der Waals surface area (Å²) in [6.45, 7) is 0.666. The molecule has 0 radical (unpaired) electrons. The van der Waals surface area contributed by atoms with Crippen molar-refractivity contribution < 1.29 is 19.1 Å². The Kier molecular flexibility index (Phi) is 6.42. The number of nitrogens with zero attached hydrogens (tertiary/aromatic N) is 1. The van der Waals surface area contributed by atoms with Gasteiger partial charge in [-0.25, -0.2) is 0 Å². The summed E-state index contributed by atoms with van der Waals surface area (Å²) in [7, 11) is 3.23. The van der Waals surface area contributed by atoms with Crippen molar-refractivity contribution in [2.24, 2.45) is 0 Å². The van der Waals surface area contributed by atoms with E-state index in [2.05, 4.69) is 11.4 Å². The standard InChI is InChI=1S/C24H26N2O4S/c1-25-24(28)23-18(17-9-3-6-12-21(17)31-23)14-16-8-7-13-26(16)22(27)15-30-20-11-5-4-10-19(20)29-2/h3-6,9-12,16H,7-8,13-15H2,1-2H3,(H,25,28)/t16-/m1/s1. The maximum atomic E-state index is 13.0. The number of carbonyl (C=O) groups excluding carboxylic acids is 2. The van der Waals surface area contributed by atoms with Crippen LogP contribution in [0.1, 0.15) is 28.1 Å². The quantitative estimate of drug-likeness (QED) is 0.608. The molecule has 2 aromatic carbocycles. The van der Waals surface area contributed by atoms with Crippen molar-refractivity contribution in [2.75, 3.05) is 27.3 Å². The minimum absolute atomic E-state index is 0.0381. The zero-order valence-electron chi connectivity index (χ0n) is 17.7. The first-order valence-electron chi connectivity index (χ1n) is 10.4. The number of thiophene rings is 1. The number of nitrogens with one attached hydrogen (secondary N) is 1. The Morgan fingerprint density at radius 3 is 2.65 bits per heavy atom. The summed E-state index contributed by atoms with van der Waals surface area (Å²) in [5.41, 5.74) is 1.02. The predicted molar refractivity (Wildman–Crippen MR) is 122 cm³/mol. The average molecular weight is 439 g/mol. The van der Waals surface area contributed by atoms with Crippen LogP contribution in [0.15, 0.2) is 48.5 Å². The van der Waals surface area contributed by atoms with Crippen LogP contribution in [-0.4, -0.2) is 50.1 Å². The molecule has 1 fully saturated rings. The second-order valence-electron chi connectivity index (χ2n) is 7.51. The van der Waals surface area contributed by atoms with E-state index >= 15 is 0 Å². The summed E-state index contributed by atoms with van der Waals surface area (Å²) in [4.78, 5) is 28.1. The molecule has 4 rings (SSSR count). The number of hydrogen-bond acceptors (Lipinski definition) is 5. The third-order valence-electron chi connectivity index (χ3n) is 5.69. The first-order chi connectivity index (χ1) is 15.1. The van der Waals surface area contributed by atoms with E-state index in [1.165, 1.54) is 11.3 Å². The van der Waals surface area contributed by atoms with E-state index in [-0.39, 0.29) is 24.5 Å². The fourth-order valence-corrected chi connectivity index (χ4v) is 5.35. The van der Waals surface area contributed by atoms with Crippen molar-refractivity contribution in [3.8, 4) is 11.5 Å². The molecular weight excluding hydrogens is 412 g/mol. The topological polar surface area (TPSA) is 67.9 Å². The molecule has 2 amide bonds. The minimum Gasteiger partial charge on any atom is -0.493 e. The highest BCUT2D eigenvalue weighted by Gasteiger charge is 2.31. The van der Waals surface area contributed by atoms with Gasteiger partial charge in [-0.1, -0.05) is 30.3 Å². The van der Waals surface area contributed by atoms with Gasteiger partial charge >= 0.3 is 0 Å². The van der Waals surface area contributed by atoms with E-state index in [0.29, 0.717) is 24.5 Å². The third kappa shape index (κ3) is 4.37. The molecule has 0 spiro atoms. The van der Waals surface area contributed by atoms with E-state index in [0.717, 1.165) is 33.4 Å². The van der Waals surface area contributed by atoms with Gasteiger partial charge < -0.3 is 19.7 Å². The molecule has 2 heterocycles. The Labute approximate surface area is 185 Å². The molecule has 1 atom stereocenters. The van der Waals surface area contributed by atoms with E-state index in [4.69, 9.17) is 9.47 Å². The fraction of sp³-hybridized carbons (Fsp3) is 0.333. The molecule has 1 aliphatic rings. The number of para-hydroxylation sites is 2. The Balaban J connectivity index is 1.51. The lowest BCUT2D eigenvalue weighted by Crippen LogP contribution is -2.40. The highest BCUT2D eigenvalue weighted by atomic mass is 32.1. The van der Waals surface area contributed by atoms with Crippen LogP contribution in [0.3, 0.4) is 0 Å². The molecule has 6 nitrogen and oxygen atoms in total. The minimum atomic E-state index is -0.0772. The van der Waals surface area contributed by atoms with E-state index in [1.807, 2.05) is 35.2 Å². The molecule has 1 saturated heterocycles. The molecule has 0 unspecified atom stereocenters. The molecule has 162 valence electrons. The van der Waals surface area contributed by atoms with Crippen molar-refractivity contribution in [3.05, 3.63) is 59.0 Å². The van der Waals surface area contributed by atoms with Crippen molar-refractivity contribution in [3.63, 3.8) is 0 Å². The second-order valence-corrected chi connectivity index (χ2v) is 8.56. The van der Waals surface area contributed by atoms with Gasteiger partial charge in [0.15, 0.2) is 18.1 Å². The first-order valence-corrected chi connectivity index (χ1v) is 11.2. The number of rotatable bonds is 7. The SMILES string of the molecule is CNC(=O)c1sc2ccccc2c1C[C@H]1CCCN1C(=O)COc1ccccc1OC. The predicted octanol–water partition coefficient (Wildman–Crippen LogP) is 3.88. The first kappa shape index (κ1) is 21.2. The number of amides is 2. The highest BCUT2D eigenvalue weighted by molar-refractivity contribution is 7.21. The Morgan fingerprint density at radius 2 is 1.87 bits per heavy atom. The van der Waals surface area contributed by atoms with Gasteiger partial charge in [0, 0.05) is 24.3 Å². The van der Waals surface area contributed by atoms with Crippen molar-refractivity contribution >= 4 is 33.2 Å². The molecule has 0 aliphatic carbocycles. The number of methoxy groups -OCH3 is 1. The zero-order chi connectivity index (χ0) is 21.8. The second kappa shape index (κ2) is 9.39. The third-order valence-corrected chi connectivity index (χ3v) is 6.90. The Morgan fingerprint density at radius 1 is 1.13 bits per heavy atom. The maximum Gasteiger partial charge on any atom is 0.261 e. The van der Waals surface area contributed by atoms with Crippen LogP contribution in [0.2, 0.25) is 0 Å². The largest absolute Gasteiger partial charge is 0.493 e. The summed E-state index contributed by atoms with van der Waals surface area (Å²) in [5, 5.41) is 3.84. The average Bonchev–Trinajstić information content (AvgIpc) is 3.42. The summed E-state index contributed by atoms with van der Waals surface area (Å²) in [6.07, 6.45) is 2.52. The van der Waals surface area contributed by atoms with Crippen LogP contribution >= 0.6 is 11.3 Å². The summed E-state index contributed by atoms with van der Waals surface area (Å²) in [6, 6.07) is 15.4. The summed E-state index contributed by atoms with van der Waals surface area (Å²) in [5.74, 6) is 1.04. The van der Waals surface area contributed by atoms with Crippen molar-refractivity contribution in [2.45, 2.75) is 25.3 Å². The van der Waals surface area contributed by atoms with E-state index < -0.39 is 0 Å². The molecule has 0 bridgehead atoms. The smallest absolute Gasteiger partial charge is 0.261 e. The van der Waals surface area contributed by atoms with Gasteiger partial charge in [-0.3, -0.25) is 9.59 Å². The molecular formula is C24H26N2O4S. The summed E-state index contributed by atoms with van der Waals surface area (Å²) < 4.78 is 12.1. The van der Waals surface area contributed by atoms with Gasteiger partial charge in [-0.2, -0.15) is 0 Å². The molecule has 31 heavy (non-hydrogen) atoms. The van der Waals surface area contributed by atoms with Crippen molar-refractivity contribution in [1.82, 2.24) is 10.2 Å². The monoisotopic (exact) mass is 438 g/mol. The Bertz CT molecular complexity index is 1090. The highest BCUT2D eigenvalue weighted by Crippen LogP contribution is 2.34. The van der Waals surface area contributed by atoms with Crippen LogP contribution in [0.5, 0.6) is 11.5 Å². The number of ether oxygens (including phenoxy) is 2. The van der Waals surface area contributed by atoms with Crippen LogP contribution in [0.4, 0.5) is 0 Å². The number of fused-ring (bicyclic) bond motifs is 1. The van der Waals surface area contributed by atoms with E-state index in [1.54, 1.807) is 26.3 Å². The lowest BCUT2D eigenvalue weighted by Gasteiger charge is -2.25.